The molecule has 3 aliphatic rings. The number of hydrogen-bond acceptors (Lipinski definition) is 6. The van der Waals surface area contributed by atoms with Crippen molar-refractivity contribution in [2.75, 3.05) is 20.3 Å². The normalized spacial score (nSPS) is 27.5. The maximum absolute atomic E-state index is 13.4. The molecule has 1 fully saturated rings. The highest BCUT2D eigenvalue weighted by atomic mass is 16.5. The Bertz CT molecular complexity index is 1110. The number of likely N-dealkylation sites (N-methyl/N-ethyl adjacent to an activating group) is 1. The molecule has 0 aromatic heterocycles. The molecule has 30 heavy (non-hydrogen) atoms. The van der Waals surface area contributed by atoms with Crippen molar-refractivity contribution >= 4 is 11.9 Å². The SMILES string of the molecule is CN1C(=O)C2(CC3(CCCOC3)Oc3ccc(-c4cccc(C#N)c4)cc32)N=C1N. The van der Waals surface area contributed by atoms with Gasteiger partial charge in [-0.15, -0.1) is 0 Å². The number of carbonyl (C=O) groups is 1. The maximum atomic E-state index is 13.4. The van der Waals surface area contributed by atoms with Gasteiger partial charge in [-0.2, -0.15) is 5.26 Å². The van der Waals surface area contributed by atoms with Crippen LogP contribution >= 0.6 is 0 Å². The molecule has 7 heteroatoms. The average Bonchev–Trinajstić information content (AvgIpc) is 2.98. The lowest BCUT2D eigenvalue weighted by Crippen LogP contribution is -2.55. The molecule has 2 aromatic carbocycles. The van der Waals surface area contributed by atoms with E-state index in [2.05, 4.69) is 11.1 Å². The lowest BCUT2D eigenvalue weighted by molar-refractivity contribution is -0.139. The van der Waals surface area contributed by atoms with E-state index in [4.69, 9.17) is 15.2 Å². The first-order chi connectivity index (χ1) is 14.5. The number of hydrogen-bond donors (Lipinski definition) is 1. The molecule has 3 aliphatic heterocycles. The predicted octanol–water partition coefficient (Wildman–Crippen LogP) is 2.54. The molecule has 7 nitrogen and oxygen atoms in total. The number of fused-ring (bicyclic) bond motifs is 2. The molecular formula is C23H22N4O3. The smallest absolute Gasteiger partial charge is 0.261 e. The molecule has 2 unspecified atom stereocenters. The number of rotatable bonds is 1. The molecule has 0 aliphatic carbocycles. The predicted molar refractivity (Wildman–Crippen MR) is 111 cm³/mol. The quantitative estimate of drug-likeness (QED) is 0.790. The lowest BCUT2D eigenvalue weighted by Gasteiger charge is -2.46. The average molecular weight is 402 g/mol. The van der Waals surface area contributed by atoms with E-state index in [0.29, 0.717) is 36.5 Å². The first-order valence-electron chi connectivity index (χ1n) is 10.0. The summed E-state index contributed by atoms with van der Waals surface area (Å²) >= 11 is 0. The van der Waals surface area contributed by atoms with Gasteiger partial charge in [-0.25, -0.2) is 4.99 Å². The molecule has 2 aromatic rings. The summed E-state index contributed by atoms with van der Waals surface area (Å²) in [6, 6.07) is 15.3. The second-order valence-corrected chi connectivity index (χ2v) is 8.22. The summed E-state index contributed by atoms with van der Waals surface area (Å²) in [6.45, 7) is 1.12. The van der Waals surface area contributed by atoms with E-state index in [9.17, 15) is 10.1 Å². The van der Waals surface area contributed by atoms with Crippen LogP contribution in [0.1, 0.15) is 30.4 Å². The van der Waals surface area contributed by atoms with Gasteiger partial charge in [-0.05, 0) is 48.2 Å². The van der Waals surface area contributed by atoms with Crippen molar-refractivity contribution in [1.29, 1.82) is 5.26 Å². The van der Waals surface area contributed by atoms with Gasteiger partial charge in [0.2, 0.25) is 0 Å². The molecule has 0 bridgehead atoms. The highest BCUT2D eigenvalue weighted by molar-refractivity contribution is 6.07. The van der Waals surface area contributed by atoms with Crippen LogP contribution in [0.5, 0.6) is 5.75 Å². The molecule has 1 saturated heterocycles. The third-order valence-electron chi connectivity index (χ3n) is 6.25. The van der Waals surface area contributed by atoms with E-state index in [1.165, 1.54) is 4.90 Å². The third-order valence-corrected chi connectivity index (χ3v) is 6.25. The van der Waals surface area contributed by atoms with Gasteiger partial charge >= 0.3 is 0 Å². The fourth-order valence-corrected chi connectivity index (χ4v) is 4.76. The highest BCUT2D eigenvalue weighted by Crippen LogP contribution is 2.51. The van der Waals surface area contributed by atoms with Crippen LogP contribution in [0.4, 0.5) is 0 Å². The molecule has 1 amide bonds. The molecule has 2 N–H and O–H groups in total. The molecule has 152 valence electrons. The van der Waals surface area contributed by atoms with Gasteiger partial charge < -0.3 is 15.2 Å². The van der Waals surface area contributed by atoms with E-state index in [1.54, 1.807) is 13.1 Å². The molecular weight excluding hydrogens is 380 g/mol. The second kappa shape index (κ2) is 6.57. The van der Waals surface area contributed by atoms with Gasteiger partial charge in [0.05, 0.1) is 18.2 Å². The van der Waals surface area contributed by atoms with Crippen molar-refractivity contribution in [3.8, 4) is 22.9 Å². The molecule has 5 rings (SSSR count). The summed E-state index contributed by atoms with van der Waals surface area (Å²) in [5.41, 5.74) is 7.42. The van der Waals surface area contributed by atoms with E-state index in [0.717, 1.165) is 24.0 Å². The number of nitriles is 1. The van der Waals surface area contributed by atoms with Gasteiger partial charge in [0.1, 0.15) is 11.4 Å². The van der Waals surface area contributed by atoms with E-state index >= 15 is 0 Å². The zero-order valence-corrected chi connectivity index (χ0v) is 16.7. The first-order valence-corrected chi connectivity index (χ1v) is 10.0. The molecule has 2 spiro atoms. The summed E-state index contributed by atoms with van der Waals surface area (Å²) in [5, 5.41) is 9.24. The Morgan fingerprint density at radius 3 is 2.77 bits per heavy atom. The van der Waals surface area contributed by atoms with Crippen LogP contribution in [-0.4, -0.2) is 42.6 Å². The minimum Gasteiger partial charge on any atom is -0.484 e. The van der Waals surface area contributed by atoms with Crippen LogP contribution in [-0.2, 0) is 15.1 Å². The Morgan fingerprint density at radius 2 is 2.07 bits per heavy atom. The van der Waals surface area contributed by atoms with Crippen LogP contribution in [0.15, 0.2) is 47.5 Å². The summed E-state index contributed by atoms with van der Waals surface area (Å²) in [4.78, 5) is 19.5. The molecule has 0 saturated carbocycles. The fourth-order valence-electron chi connectivity index (χ4n) is 4.76. The molecule has 0 radical (unpaired) electrons. The Balaban J connectivity index is 1.68. The highest BCUT2D eigenvalue weighted by Gasteiger charge is 2.58. The number of carbonyl (C=O) groups excluding carboxylic acids is 1. The summed E-state index contributed by atoms with van der Waals surface area (Å²) < 4.78 is 12.2. The number of amides is 1. The standard InChI is InChI=1S/C23H22N4O3/c1-27-20(28)23(26-21(27)25)13-22(8-3-9-29-14-22)30-19-7-6-17(11-18(19)23)16-5-2-4-15(10-16)12-24/h2,4-7,10-11H,3,8-9,13-14H2,1H3,(H2,25,26). The zero-order chi connectivity index (χ0) is 20.9. The van der Waals surface area contributed by atoms with Crippen molar-refractivity contribution in [3.63, 3.8) is 0 Å². The van der Waals surface area contributed by atoms with Crippen LogP contribution in [0.25, 0.3) is 11.1 Å². The Kier molecular flexibility index (Phi) is 4.09. The van der Waals surface area contributed by atoms with Crippen molar-refractivity contribution in [2.45, 2.75) is 30.4 Å². The van der Waals surface area contributed by atoms with Crippen LogP contribution in [0.3, 0.4) is 0 Å². The number of benzene rings is 2. The lowest BCUT2D eigenvalue weighted by atomic mass is 9.74. The van der Waals surface area contributed by atoms with E-state index in [1.807, 2.05) is 36.4 Å². The Labute approximate surface area is 174 Å². The second-order valence-electron chi connectivity index (χ2n) is 8.22. The van der Waals surface area contributed by atoms with Gasteiger partial charge in [-0.3, -0.25) is 9.69 Å². The zero-order valence-electron chi connectivity index (χ0n) is 16.7. The summed E-state index contributed by atoms with van der Waals surface area (Å²) in [7, 11) is 1.65. The number of nitrogens with two attached hydrogens (primary N) is 1. The first kappa shape index (κ1) is 18.6. The van der Waals surface area contributed by atoms with E-state index < -0.39 is 11.1 Å². The maximum Gasteiger partial charge on any atom is 0.261 e. The molecule has 2 atom stereocenters. The molecule has 3 heterocycles. The van der Waals surface area contributed by atoms with Crippen molar-refractivity contribution in [1.82, 2.24) is 4.90 Å². The van der Waals surface area contributed by atoms with Crippen LogP contribution in [0, 0.1) is 11.3 Å². The van der Waals surface area contributed by atoms with Crippen LogP contribution < -0.4 is 10.5 Å². The number of nitrogens with zero attached hydrogens (tertiary/aromatic N) is 3. The van der Waals surface area contributed by atoms with Crippen molar-refractivity contribution < 1.29 is 14.3 Å². The number of aliphatic imine (C=N–C) groups is 1. The fraction of sp³-hybridized carbons (Fsp3) is 0.348. The van der Waals surface area contributed by atoms with Gasteiger partial charge in [0.25, 0.3) is 5.91 Å². The Morgan fingerprint density at radius 1 is 1.23 bits per heavy atom. The Hall–Kier alpha value is -3.37. The third kappa shape index (κ3) is 2.68. The minimum atomic E-state index is -1.13. The number of guanidine groups is 1. The monoisotopic (exact) mass is 402 g/mol. The largest absolute Gasteiger partial charge is 0.484 e. The van der Waals surface area contributed by atoms with Crippen molar-refractivity contribution in [3.05, 3.63) is 53.6 Å². The van der Waals surface area contributed by atoms with E-state index in [-0.39, 0.29) is 11.9 Å². The summed E-state index contributed by atoms with van der Waals surface area (Å²) in [5.74, 6) is 0.682. The van der Waals surface area contributed by atoms with Gasteiger partial charge in [0.15, 0.2) is 11.5 Å². The van der Waals surface area contributed by atoms with Crippen LogP contribution in [0.2, 0.25) is 0 Å². The summed E-state index contributed by atoms with van der Waals surface area (Å²) in [6.07, 6.45) is 2.05. The van der Waals surface area contributed by atoms with Gasteiger partial charge in [0, 0.05) is 25.6 Å². The minimum absolute atomic E-state index is 0.155. The van der Waals surface area contributed by atoms with Crippen molar-refractivity contribution in [2.24, 2.45) is 10.7 Å². The van der Waals surface area contributed by atoms with Gasteiger partial charge in [-0.1, -0.05) is 18.2 Å². The topological polar surface area (TPSA) is 101 Å². The number of ether oxygens (including phenoxy) is 2.